The van der Waals surface area contributed by atoms with E-state index in [9.17, 15) is 0 Å². The lowest BCUT2D eigenvalue weighted by molar-refractivity contribution is 0.0310. The fourth-order valence-electron chi connectivity index (χ4n) is 3.75. The summed E-state index contributed by atoms with van der Waals surface area (Å²) in [6, 6.07) is 8.16. The second kappa shape index (κ2) is 8.42. The molecule has 2 aliphatic rings. The van der Waals surface area contributed by atoms with E-state index in [1.54, 1.807) is 0 Å². The highest BCUT2D eigenvalue weighted by atomic mass is 35.5. The van der Waals surface area contributed by atoms with Gasteiger partial charge in [-0.3, -0.25) is 9.80 Å². The van der Waals surface area contributed by atoms with E-state index < -0.39 is 0 Å². The molecule has 2 fully saturated rings. The molecule has 2 saturated heterocycles. The number of morpholine rings is 2. The molecule has 2 aromatic carbocycles. The van der Waals surface area contributed by atoms with Crippen LogP contribution in [-0.2, 0) is 22.6 Å². The Morgan fingerprint density at radius 3 is 1.46 bits per heavy atom. The van der Waals surface area contributed by atoms with Gasteiger partial charge in [-0.15, -0.1) is 0 Å². The van der Waals surface area contributed by atoms with Crippen LogP contribution >= 0.6 is 23.2 Å². The van der Waals surface area contributed by atoms with Crippen molar-refractivity contribution in [3.63, 3.8) is 0 Å². The van der Waals surface area contributed by atoms with E-state index in [1.165, 1.54) is 0 Å². The molecule has 0 spiro atoms. The third-order valence-corrected chi connectivity index (χ3v) is 6.13. The highest BCUT2D eigenvalue weighted by Crippen LogP contribution is 2.38. The molecule has 0 saturated carbocycles. The molecule has 0 radical (unpaired) electrons. The van der Waals surface area contributed by atoms with Crippen molar-refractivity contribution in [3.8, 4) is 0 Å². The lowest BCUT2D eigenvalue weighted by Gasteiger charge is -2.31. The number of hydrogen-bond acceptors (Lipinski definition) is 4. The van der Waals surface area contributed by atoms with E-state index in [1.807, 2.05) is 12.1 Å². The van der Waals surface area contributed by atoms with E-state index in [4.69, 9.17) is 32.7 Å². The van der Waals surface area contributed by atoms with Crippen LogP contribution in [-0.4, -0.2) is 62.4 Å². The normalized spacial score (nSPS) is 19.9. The molecule has 140 valence electrons. The van der Waals surface area contributed by atoms with Crippen LogP contribution in [0.25, 0.3) is 10.8 Å². The van der Waals surface area contributed by atoms with Crippen molar-refractivity contribution in [2.75, 3.05) is 52.6 Å². The van der Waals surface area contributed by atoms with Gasteiger partial charge < -0.3 is 9.47 Å². The molecular formula is C20H24Cl2N2O2. The maximum atomic E-state index is 6.90. The summed E-state index contributed by atoms with van der Waals surface area (Å²) in [6.45, 7) is 8.44. The lowest BCUT2D eigenvalue weighted by atomic mass is 9.99. The van der Waals surface area contributed by atoms with E-state index in [2.05, 4.69) is 21.9 Å². The number of hydrogen-bond donors (Lipinski definition) is 0. The van der Waals surface area contributed by atoms with E-state index in [0.717, 1.165) is 97.6 Å². The zero-order chi connectivity index (χ0) is 17.9. The molecular weight excluding hydrogens is 371 g/mol. The van der Waals surface area contributed by atoms with Crippen molar-refractivity contribution in [2.45, 2.75) is 13.1 Å². The Morgan fingerprint density at radius 2 is 1.08 bits per heavy atom. The second-order valence-corrected chi connectivity index (χ2v) is 7.66. The van der Waals surface area contributed by atoms with Crippen molar-refractivity contribution < 1.29 is 9.47 Å². The average Bonchev–Trinajstić information content (AvgIpc) is 2.70. The Labute approximate surface area is 164 Å². The van der Waals surface area contributed by atoms with Gasteiger partial charge >= 0.3 is 0 Å². The van der Waals surface area contributed by atoms with Gasteiger partial charge in [-0.1, -0.05) is 47.5 Å². The molecule has 26 heavy (non-hydrogen) atoms. The Balaban J connectivity index is 1.74. The third-order valence-electron chi connectivity index (χ3n) is 5.27. The minimum Gasteiger partial charge on any atom is -0.379 e. The van der Waals surface area contributed by atoms with E-state index in [-0.39, 0.29) is 0 Å². The molecule has 0 amide bonds. The minimum absolute atomic E-state index is 0.776. The predicted octanol–water partition coefficient (Wildman–Crippen LogP) is 3.81. The van der Waals surface area contributed by atoms with Gasteiger partial charge in [-0.25, -0.2) is 0 Å². The summed E-state index contributed by atoms with van der Waals surface area (Å²) in [7, 11) is 0. The fraction of sp³-hybridized carbons (Fsp3) is 0.500. The highest BCUT2D eigenvalue weighted by Gasteiger charge is 2.22. The van der Waals surface area contributed by atoms with Gasteiger partial charge in [0.25, 0.3) is 0 Å². The summed E-state index contributed by atoms with van der Waals surface area (Å²) in [5.74, 6) is 0. The van der Waals surface area contributed by atoms with Gasteiger partial charge in [0.15, 0.2) is 0 Å². The van der Waals surface area contributed by atoms with Crippen molar-refractivity contribution in [3.05, 3.63) is 45.4 Å². The zero-order valence-electron chi connectivity index (χ0n) is 14.8. The van der Waals surface area contributed by atoms with Gasteiger partial charge in [-0.2, -0.15) is 0 Å². The Morgan fingerprint density at radius 1 is 0.692 bits per heavy atom. The molecule has 4 nitrogen and oxygen atoms in total. The van der Waals surface area contributed by atoms with Gasteiger partial charge in [0.05, 0.1) is 36.5 Å². The summed E-state index contributed by atoms with van der Waals surface area (Å²) in [5, 5.41) is 3.74. The van der Waals surface area contributed by atoms with Crippen molar-refractivity contribution in [1.82, 2.24) is 9.80 Å². The molecule has 2 aromatic rings. The first-order chi connectivity index (χ1) is 12.7. The number of ether oxygens (including phenoxy) is 2. The first kappa shape index (κ1) is 18.5. The van der Waals surface area contributed by atoms with Crippen molar-refractivity contribution in [1.29, 1.82) is 0 Å². The largest absolute Gasteiger partial charge is 0.379 e. The molecule has 2 aliphatic heterocycles. The molecule has 2 heterocycles. The standard InChI is InChI=1S/C20H24Cl2N2O2/c21-19-15-3-1-2-4-16(15)20(22)18(14-24-7-11-26-12-8-24)17(19)13-23-5-9-25-10-6-23/h1-4H,5-14H2. The molecule has 0 N–H and O–H groups in total. The highest BCUT2D eigenvalue weighted by molar-refractivity contribution is 6.41. The number of benzene rings is 2. The topological polar surface area (TPSA) is 24.9 Å². The number of halogens is 2. The lowest BCUT2D eigenvalue weighted by Crippen LogP contribution is -2.37. The summed E-state index contributed by atoms with van der Waals surface area (Å²) in [6.07, 6.45) is 0. The maximum absolute atomic E-state index is 6.90. The maximum Gasteiger partial charge on any atom is 0.0594 e. The van der Waals surface area contributed by atoms with Crippen LogP contribution in [0.4, 0.5) is 0 Å². The Bertz CT molecular complexity index is 707. The minimum atomic E-state index is 0.776. The molecule has 0 aromatic heterocycles. The molecule has 0 aliphatic carbocycles. The first-order valence-corrected chi connectivity index (χ1v) is 9.97. The van der Waals surface area contributed by atoms with Crippen LogP contribution in [0, 0.1) is 0 Å². The predicted molar refractivity (Wildman–Crippen MR) is 106 cm³/mol. The van der Waals surface area contributed by atoms with Crippen LogP contribution in [0.2, 0.25) is 10.0 Å². The molecule has 4 rings (SSSR count). The Hall–Kier alpha value is -0.880. The first-order valence-electron chi connectivity index (χ1n) is 9.21. The zero-order valence-corrected chi connectivity index (χ0v) is 16.4. The SMILES string of the molecule is Clc1c(CN2CCOCC2)c(CN2CCOCC2)c(Cl)c2ccccc12. The monoisotopic (exact) mass is 394 g/mol. The molecule has 0 bridgehead atoms. The van der Waals surface area contributed by atoms with Gasteiger partial charge in [0.2, 0.25) is 0 Å². The molecule has 6 heteroatoms. The van der Waals surface area contributed by atoms with E-state index >= 15 is 0 Å². The summed E-state index contributed by atoms with van der Waals surface area (Å²) in [4.78, 5) is 4.80. The van der Waals surface area contributed by atoms with Crippen molar-refractivity contribution >= 4 is 34.0 Å². The van der Waals surface area contributed by atoms with Gasteiger partial charge in [-0.05, 0) is 11.1 Å². The second-order valence-electron chi connectivity index (χ2n) is 6.91. The summed E-state index contributed by atoms with van der Waals surface area (Å²) in [5.41, 5.74) is 2.31. The Kier molecular flexibility index (Phi) is 5.99. The molecule has 0 atom stereocenters. The van der Waals surface area contributed by atoms with Crippen LogP contribution in [0.15, 0.2) is 24.3 Å². The van der Waals surface area contributed by atoms with Crippen LogP contribution in [0.5, 0.6) is 0 Å². The van der Waals surface area contributed by atoms with Crippen LogP contribution < -0.4 is 0 Å². The summed E-state index contributed by atoms with van der Waals surface area (Å²) >= 11 is 13.8. The number of fused-ring (bicyclic) bond motifs is 1. The van der Waals surface area contributed by atoms with Crippen LogP contribution in [0.3, 0.4) is 0 Å². The van der Waals surface area contributed by atoms with Gasteiger partial charge in [0, 0.05) is 50.0 Å². The van der Waals surface area contributed by atoms with Crippen LogP contribution in [0.1, 0.15) is 11.1 Å². The average molecular weight is 395 g/mol. The smallest absolute Gasteiger partial charge is 0.0594 e. The quantitative estimate of drug-likeness (QED) is 0.786. The third kappa shape index (κ3) is 3.86. The summed E-state index contributed by atoms with van der Waals surface area (Å²) < 4.78 is 11.0. The van der Waals surface area contributed by atoms with Gasteiger partial charge in [0.1, 0.15) is 0 Å². The number of rotatable bonds is 4. The fourth-order valence-corrected chi connectivity index (χ4v) is 4.43. The van der Waals surface area contributed by atoms with Crippen molar-refractivity contribution in [2.24, 2.45) is 0 Å². The van der Waals surface area contributed by atoms with E-state index in [0.29, 0.717) is 0 Å². The number of nitrogens with zero attached hydrogens (tertiary/aromatic N) is 2. The molecule has 0 unspecified atom stereocenters.